The Bertz CT molecular complexity index is 708. The highest BCUT2D eigenvalue weighted by atomic mass is 35.5. The number of nitrogens with two attached hydrogens (primary N) is 1. The molecule has 1 aromatic carbocycles. The standard InChI is InChI=1S/C18H23N3O2.2ClH/c1-11(2)17(19)18(22)21-14-6-5-13(4)15(10-14)23-16-9-12(3)7-8-20-16;;/h5-11,17H,19H2,1-4H3,(H,21,22);2*1H/t17-;;/m0../s1. The first-order chi connectivity index (χ1) is 10.9. The lowest BCUT2D eigenvalue weighted by molar-refractivity contribution is -0.118. The van der Waals surface area contributed by atoms with Gasteiger partial charge in [-0.05, 0) is 43.0 Å². The summed E-state index contributed by atoms with van der Waals surface area (Å²) in [4.78, 5) is 16.3. The first kappa shape index (κ1) is 23.2. The lowest BCUT2D eigenvalue weighted by Gasteiger charge is -2.16. The van der Waals surface area contributed by atoms with Crippen LogP contribution in [-0.4, -0.2) is 16.9 Å². The van der Waals surface area contributed by atoms with Crippen molar-refractivity contribution in [3.63, 3.8) is 0 Å². The molecule has 2 rings (SSSR count). The molecule has 0 radical (unpaired) electrons. The zero-order chi connectivity index (χ0) is 17.0. The number of carbonyl (C=O) groups excluding carboxylic acids is 1. The van der Waals surface area contributed by atoms with Crippen LogP contribution in [0.2, 0.25) is 0 Å². The summed E-state index contributed by atoms with van der Waals surface area (Å²) in [6.07, 6.45) is 1.70. The van der Waals surface area contributed by atoms with Crippen LogP contribution in [0.1, 0.15) is 25.0 Å². The summed E-state index contributed by atoms with van der Waals surface area (Å²) in [6, 6.07) is 8.73. The normalized spacial score (nSPS) is 11.1. The molecule has 3 N–H and O–H groups in total. The van der Waals surface area contributed by atoms with Crippen molar-refractivity contribution in [2.75, 3.05) is 5.32 Å². The molecule has 1 atom stereocenters. The second kappa shape index (κ2) is 10.2. The van der Waals surface area contributed by atoms with E-state index in [9.17, 15) is 4.79 Å². The van der Waals surface area contributed by atoms with E-state index in [0.29, 0.717) is 17.3 Å². The Balaban J connectivity index is 0.00000288. The third-order valence-corrected chi connectivity index (χ3v) is 3.58. The van der Waals surface area contributed by atoms with Crippen LogP contribution in [0.4, 0.5) is 5.69 Å². The molecule has 0 aliphatic heterocycles. The molecule has 0 unspecified atom stereocenters. The van der Waals surface area contributed by atoms with Crippen LogP contribution >= 0.6 is 24.8 Å². The van der Waals surface area contributed by atoms with Gasteiger partial charge in [-0.1, -0.05) is 19.9 Å². The molecule has 1 amide bonds. The van der Waals surface area contributed by atoms with Gasteiger partial charge in [0.2, 0.25) is 11.8 Å². The van der Waals surface area contributed by atoms with Gasteiger partial charge in [-0.15, -0.1) is 24.8 Å². The maximum atomic E-state index is 12.1. The van der Waals surface area contributed by atoms with Gasteiger partial charge in [0.1, 0.15) is 5.75 Å². The number of hydrogen-bond acceptors (Lipinski definition) is 4. The third-order valence-electron chi connectivity index (χ3n) is 3.58. The van der Waals surface area contributed by atoms with Crippen LogP contribution in [0.5, 0.6) is 11.6 Å². The van der Waals surface area contributed by atoms with Crippen molar-refractivity contribution in [1.82, 2.24) is 4.98 Å². The summed E-state index contributed by atoms with van der Waals surface area (Å²) in [5, 5.41) is 2.82. The maximum Gasteiger partial charge on any atom is 0.241 e. The van der Waals surface area contributed by atoms with Crippen molar-refractivity contribution in [3.05, 3.63) is 47.7 Å². The lowest BCUT2D eigenvalue weighted by atomic mass is 10.0. The van der Waals surface area contributed by atoms with Gasteiger partial charge in [0, 0.05) is 24.0 Å². The van der Waals surface area contributed by atoms with Gasteiger partial charge < -0.3 is 15.8 Å². The van der Waals surface area contributed by atoms with Gasteiger partial charge in [-0.2, -0.15) is 0 Å². The molecule has 138 valence electrons. The first-order valence-corrected chi connectivity index (χ1v) is 7.64. The number of halogens is 2. The molecule has 0 fully saturated rings. The number of amides is 1. The van der Waals surface area contributed by atoms with E-state index in [2.05, 4.69) is 10.3 Å². The number of aryl methyl sites for hydroxylation is 2. The highest BCUT2D eigenvalue weighted by molar-refractivity contribution is 5.95. The smallest absolute Gasteiger partial charge is 0.241 e. The predicted molar refractivity (Wildman–Crippen MR) is 106 cm³/mol. The van der Waals surface area contributed by atoms with Crippen molar-refractivity contribution < 1.29 is 9.53 Å². The van der Waals surface area contributed by atoms with Gasteiger partial charge in [0.05, 0.1) is 6.04 Å². The quantitative estimate of drug-likeness (QED) is 0.805. The Labute approximate surface area is 161 Å². The Kier molecular flexibility index (Phi) is 9.49. The van der Waals surface area contributed by atoms with Gasteiger partial charge in [0.25, 0.3) is 0 Å². The summed E-state index contributed by atoms with van der Waals surface area (Å²) in [7, 11) is 0. The van der Waals surface area contributed by atoms with Gasteiger partial charge in [-0.25, -0.2) is 4.98 Å². The first-order valence-electron chi connectivity index (χ1n) is 7.64. The molecule has 0 saturated heterocycles. The van der Waals surface area contributed by atoms with Crippen molar-refractivity contribution in [2.24, 2.45) is 11.7 Å². The van der Waals surface area contributed by atoms with Crippen LogP contribution in [-0.2, 0) is 4.79 Å². The van der Waals surface area contributed by atoms with Crippen LogP contribution in [0.15, 0.2) is 36.5 Å². The van der Waals surface area contributed by atoms with Crippen molar-refractivity contribution in [2.45, 2.75) is 33.7 Å². The minimum Gasteiger partial charge on any atom is -0.439 e. The van der Waals surface area contributed by atoms with E-state index in [0.717, 1.165) is 11.1 Å². The summed E-state index contributed by atoms with van der Waals surface area (Å²) >= 11 is 0. The number of aromatic nitrogens is 1. The fourth-order valence-electron chi connectivity index (χ4n) is 1.99. The van der Waals surface area contributed by atoms with Crippen molar-refractivity contribution in [3.8, 4) is 11.6 Å². The number of ether oxygens (including phenoxy) is 1. The fourth-order valence-corrected chi connectivity index (χ4v) is 1.99. The molecule has 0 saturated carbocycles. The van der Waals surface area contributed by atoms with E-state index in [1.807, 2.05) is 52.0 Å². The Morgan fingerprint density at radius 3 is 2.44 bits per heavy atom. The van der Waals surface area contributed by atoms with E-state index in [-0.39, 0.29) is 36.6 Å². The number of nitrogens with zero attached hydrogens (tertiary/aromatic N) is 1. The van der Waals surface area contributed by atoms with Crippen molar-refractivity contribution in [1.29, 1.82) is 0 Å². The molecule has 0 bridgehead atoms. The largest absolute Gasteiger partial charge is 0.439 e. The predicted octanol–water partition coefficient (Wildman–Crippen LogP) is 4.26. The van der Waals surface area contributed by atoms with Gasteiger partial charge >= 0.3 is 0 Å². The molecular weight excluding hydrogens is 361 g/mol. The van der Waals surface area contributed by atoms with Gasteiger partial charge in [-0.3, -0.25) is 4.79 Å². The summed E-state index contributed by atoms with van der Waals surface area (Å²) < 4.78 is 5.83. The third kappa shape index (κ3) is 6.53. The second-order valence-electron chi connectivity index (χ2n) is 6.01. The molecule has 1 heterocycles. The fraction of sp³-hybridized carbons (Fsp3) is 0.333. The molecule has 0 aliphatic carbocycles. The van der Waals surface area contributed by atoms with E-state index >= 15 is 0 Å². The topological polar surface area (TPSA) is 77.2 Å². The van der Waals surface area contributed by atoms with Crippen LogP contribution in [0, 0.1) is 19.8 Å². The minimum absolute atomic E-state index is 0. The molecule has 5 nitrogen and oxygen atoms in total. The molecule has 25 heavy (non-hydrogen) atoms. The summed E-state index contributed by atoms with van der Waals surface area (Å²) in [6.45, 7) is 7.75. The molecule has 1 aromatic heterocycles. The Hall–Kier alpha value is -1.82. The number of benzene rings is 1. The van der Waals surface area contributed by atoms with Crippen molar-refractivity contribution >= 4 is 36.4 Å². The number of anilines is 1. The number of rotatable bonds is 5. The van der Waals surface area contributed by atoms with Crippen LogP contribution < -0.4 is 15.8 Å². The highest BCUT2D eigenvalue weighted by Crippen LogP contribution is 2.27. The number of nitrogens with one attached hydrogen (secondary N) is 1. The highest BCUT2D eigenvalue weighted by Gasteiger charge is 2.17. The van der Waals surface area contributed by atoms with E-state index < -0.39 is 6.04 Å². The molecular formula is C18H25Cl2N3O2. The number of pyridine rings is 1. The molecule has 7 heteroatoms. The molecule has 0 spiro atoms. The van der Waals surface area contributed by atoms with Gasteiger partial charge in [0.15, 0.2) is 0 Å². The van der Waals surface area contributed by atoms with Crippen LogP contribution in [0.25, 0.3) is 0 Å². The maximum absolute atomic E-state index is 12.1. The SMILES string of the molecule is Cc1ccnc(Oc2cc(NC(=O)[C@@H](N)C(C)C)ccc2C)c1.Cl.Cl. The summed E-state index contributed by atoms with van der Waals surface area (Å²) in [5.41, 5.74) is 8.54. The Morgan fingerprint density at radius 1 is 1.16 bits per heavy atom. The molecule has 0 aliphatic rings. The Morgan fingerprint density at radius 2 is 1.84 bits per heavy atom. The number of hydrogen-bond donors (Lipinski definition) is 2. The average Bonchev–Trinajstić information content (AvgIpc) is 2.49. The monoisotopic (exact) mass is 385 g/mol. The lowest BCUT2D eigenvalue weighted by Crippen LogP contribution is -2.39. The van der Waals surface area contributed by atoms with E-state index in [4.69, 9.17) is 10.5 Å². The average molecular weight is 386 g/mol. The van der Waals surface area contributed by atoms with E-state index in [1.165, 1.54) is 0 Å². The second-order valence-corrected chi connectivity index (χ2v) is 6.01. The summed E-state index contributed by atoms with van der Waals surface area (Å²) in [5.74, 6) is 1.05. The molecule has 2 aromatic rings. The zero-order valence-corrected chi connectivity index (χ0v) is 16.4. The van der Waals surface area contributed by atoms with Crippen LogP contribution in [0.3, 0.4) is 0 Å². The minimum atomic E-state index is -0.542. The van der Waals surface area contributed by atoms with E-state index in [1.54, 1.807) is 12.3 Å². The zero-order valence-electron chi connectivity index (χ0n) is 14.8. The number of carbonyl (C=O) groups is 1.